The predicted molar refractivity (Wildman–Crippen MR) is 163 cm³/mol. The predicted octanol–water partition coefficient (Wildman–Crippen LogP) is 5.31. The molecule has 1 saturated carbocycles. The van der Waals surface area contributed by atoms with Gasteiger partial charge in [0.25, 0.3) is 0 Å². The van der Waals surface area contributed by atoms with E-state index in [4.69, 9.17) is 9.72 Å². The molecule has 2 atom stereocenters. The van der Waals surface area contributed by atoms with Gasteiger partial charge in [-0.2, -0.15) is 0 Å². The lowest BCUT2D eigenvalue weighted by molar-refractivity contribution is -0.111. The van der Waals surface area contributed by atoms with E-state index in [2.05, 4.69) is 74.1 Å². The molecule has 0 spiro atoms. The Labute approximate surface area is 239 Å². The Kier molecular flexibility index (Phi) is 6.38. The molecule has 2 unspecified atom stereocenters. The number of benzene rings is 2. The van der Waals surface area contributed by atoms with E-state index in [0.29, 0.717) is 41.0 Å². The van der Waals surface area contributed by atoms with Gasteiger partial charge in [-0.15, -0.1) is 0 Å². The largest absolute Gasteiger partial charge is 0.494 e. The average Bonchev–Trinajstić information content (AvgIpc) is 3.50. The third-order valence-electron chi connectivity index (χ3n) is 8.63. The van der Waals surface area contributed by atoms with Gasteiger partial charge in [0.1, 0.15) is 5.75 Å². The quantitative estimate of drug-likeness (QED) is 0.288. The fourth-order valence-corrected chi connectivity index (χ4v) is 6.56. The molecule has 7 rings (SSSR count). The molecule has 0 bridgehead atoms. The smallest absolute Gasteiger partial charge is 0.247 e. The van der Waals surface area contributed by atoms with Crippen molar-refractivity contribution >= 4 is 39.8 Å². The standard InChI is InChI=1S/C32H35N7O2/c1-4-31(40)34-26-13-27(30(41-3)14-29(26)38-17-20-15-37(2)16-21(20)18-38)36-32-33-12-11-25(35-32)24-19-39(22-9-10-22)28-8-6-5-7-23(24)28/h4-8,11-14,19-22H,1,9-10,15-18H2,2-3H3,(H,34,40)(H,33,35,36). The van der Waals surface area contributed by atoms with Gasteiger partial charge in [-0.05, 0) is 56.0 Å². The van der Waals surface area contributed by atoms with Gasteiger partial charge in [0.15, 0.2) is 0 Å². The van der Waals surface area contributed by atoms with Crippen molar-refractivity contribution in [2.24, 2.45) is 11.8 Å². The number of para-hydroxylation sites is 1. The normalized spacial score (nSPS) is 20.3. The Morgan fingerprint density at radius 3 is 2.59 bits per heavy atom. The Morgan fingerprint density at radius 1 is 1.07 bits per heavy atom. The summed E-state index contributed by atoms with van der Waals surface area (Å²) in [6.45, 7) is 7.73. The van der Waals surface area contributed by atoms with E-state index in [1.54, 1.807) is 13.3 Å². The molecule has 2 saturated heterocycles. The van der Waals surface area contributed by atoms with Crippen LogP contribution in [0, 0.1) is 11.8 Å². The summed E-state index contributed by atoms with van der Waals surface area (Å²) in [5.41, 5.74) is 5.49. The van der Waals surface area contributed by atoms with Crippen molar-refractivity contribution in [1.29, 1.82) is 0 Å². The number of nitrogens with one attached hydrogen (secondary N) is 2. The van der Waals surface area contributed by atoms with Gasteiger partial charge in [-0.1, -0.05) is 24.8 Å². The van der Waals surface area contributed by atoms with Crippen LogP contribution in [0.3, 0.4) is 0 Å². The van der Waals surface area contributed by atoms with Crippen molar-refractivity contribution in [2.75, 3.05) is 55.9 Å². The Hall–Kier alpha value is -4.37. The van der Waals surface area contributed by atoms with Crippen molar-refractivity contribution in [3.05, 3.63) is 67.5 Å². The lowest BCUT2D eigenvalue weighted by atomic mass is 10.0. The van der Waals surface area contributed by atoms with Gasteiger partial charge in [-0.3, -0.25) is 4.79 Å². The van der Waals surface area contributed by atoms with Crippen molar-refractivity contribution in [3.8, 4) is 17.0 Å². The fourth-order valence-electron chi connectivity index (χ4n) is 6.56. The number of hydrogen-bond acceptors (Lipinski definition) is 7. The Balaban J connectivity index is 1.22. The Bertz CT molecular complexity index is 1630. The number of hydrogen-bond donors (Lipinski definition) is 2. The van der Waals surface area contributed by atoms with Crippen LogP contribution in [-0.4, -0.2) is 65.7 Å². The van der Waals surface area contributed by atoms with Gasteiger partial charge in [-0.25, -0.2) is 9.97 Å². The van der Waals surface area contributed by atoms with Crippen LogP contribution in [0.1, 0.15) is 18.9 Å². The highest BCUT2D eigenvalue weighted by molar-refractivity contribution is 6.02. The molecule has 2 aliphatic heterocycles. The lowest BCUT2D eigenvalue weighted by Crippen LogP contribution is -2.27. The lowest BCUT2D eigenvalue weighted by Gasteiger charge is -2.26. The molecule has 9 nitrogen and oxygen atoms in total. The molecular weight excluding hydrogens is 514 g/mol. The molecule has 1 aliphatic carbocycles. The summed E-state index contributed by atoms with van der Waals surface area (Å²) in [7, 11) is 3.84. The van der Waals surface area contributed by atoms with E-state index in [-0.39, 0.29) is 5.91 Å². The monoisotopic (exact) mass is 549 g/mol. The van der Waals surface area contributed by atoms with Gasteiger partial charge in [0.2, 0.25) is 11.9 Å². The van der Waals surface area contributed by atoms with Crippen molar-refractivity contribution in [1.82, 2.24) is 19.4 Å². The molecule has 4 aromatic rings. The third-order valence-corrected chi connectivity index (χ3v) is 8.63. The highest BCUT2D eigenvalue weighted by Crippen LogP contribution is 2.43. The van der Waals surface area contributed by atoms with E-state index >= 15 is 0 Å². The minimum Gasteiger partial charge on any atom is -0.494 e. The minimum atomic E-state index is -0.258. The van der Waals surface area contributed by atoms with Crippen LogP contribution < -0.4 is 20.3 Å². The third kappa shape index (κ3) is 4.80. The number of carbonyl (C=O) groups excluding carboxylic acids is 1. The first-order chi connectivity index (χ1) is 20.0. The summed E-state index contributed by atoms with van der Waals surface area (Å²) >= 11 is 0. The number of carbonyl (C=O) groups is 1. The van der Waals surface area contributed by atoms with E-state index in [1.165, 1.54) is 29.8 Å². The maximum Gasteiger partial charge on any atom is 0.247 e. The highest BCUT2D eigenvalue weighted by atomic mass is 16.5. The number of methoxy groups -OCH3 is 1. The molecule has 4 heterocycles. The van der Waals surface area contributed by atoms with E-state index in [0.717, 1.165) is 43.1 Å². The average molecular weight is 550 g/mol. The Morgan fingerprint density at radius 2 is 1.85 bits per heavy atom. The van der Waals surface area contributed by atoms with E-state index < -0.39 is 0 Å². The summed E-state index contributed by atoms with van der Waals surface area (Å²) < 4.78 is 8.21. The van der Waals surface area contributed by atoms with Crippen LogP contribution in [0.25, 0.3) is 22.2 Å². The number of rotatable bonds is 8. The topological polar surface area (TPSA) is 87.5 Å². The molecule has 3 fully saturated rings. The van der Waals surface area contributed by atoms with Crippen molar-refractivity contribution in [2.45, 2.75) is 18.9 Å². The molecule has 2 N–H and O–H groups in total. The molecule has 2 aromatic heterocycles. The second kappa shape index (κ2) is 10.2. The molecule has 2 aromatic carbocycles. The molecule has 41 heavy (non-hydrogen) atoms. The summed E-state index contributed by atoms with van der Waals surface area (Å²) in [6.07, 6.45) is 7.71. The van der Waals surface area contributed by atoms with Crippen LogP contribution in [-0.2, 0) is 4.79 Å². The molecule has 3 aliphatic rings. The number of nitrogens with zero attached hydrogens (tertiary/aromatic N) is 5. The number of amides is 1. The van der Waals surface area contributed by atoms with Crippen LogP contribution in [0.15, 0.2) is 67.5 Å². The highest BCUT2D eigenvalue weighted by Gasteiger charge is 2.39. The second-order valence-electron chi connectivity index (χ2n) is 11.5. The van der Waals surface area contributed by atoms with E-state index in [1.807, 2.05) is 18.2 Å². The molecule has 1 amide bonds. The molecule has 9 heteroatoms. The summed E-state index contributed by atoms with van der Waals surface area (Å²) in [5, 5.41) is 7.56. The van der Waals surface area contributed by atoms with Crippen molar-refractivity contribution < 1.29 is 9.53 Å². The molecular formula is C32H35N7O2. The second-order valence-corrected chi connectivity index (χ2v) is 11.5. The zero-order valence-corrected chi connectivity index (χ0v) is 23.5. The number of anilines is 4. The SMILES string of the molecule is C=CC(=O)Nc1cc(Nc2nccc(-c3cn(C4CC4)c4ccccc34)n2)c(OC)cc1N1CC2CN(C)CC2C1. The van der Waals surface area contributed by atoms with Gasteiger partial charge in [0, 0.05) is 67.1 Å². The van der Waals surface area contributed by atoms with Crippen LogP contribution in [0.4, 0.5) is 23.0 Å². The summed E-state index contributed by atoms with van der Waals surface area (Å²) in [5.74, 6) is 2.09. The maximum atomic E-state index is 12.4. The van der Waals surface area contributed by atoms with Crippen LogP contribution >= 0.6 is 0 Å². The first-order valence-electron chi connectivity index (χ1n) is 14.3. The number of likely N-dealkylation sites (tertiary alicyclic amines) is 1. The zero-order valence-electron chi connectivity index (χ0n) is 23.5. The number of ether oxygens (including phenoxy) is 1. The molecule has 0 radical (unpaired) electrons. The van der Waals surface area contributed by atoms with Crippen LogP contribution in [0.5, 0.6) is 5.75 Å². The number of fused-ring (bicyclic) bond motifs is 2. The van der Waals surface area contributed by atoms with Gasteiger partial charge >= 0.3 is 0 Å². The van der Waals surface area contributed by atoms with E-state index in [9.17, 15) is 4.79 Å². The van der Waals surface area contributed by atoms with Crippen molar-refractivity contribution in [3.63, 3.8) is 0 Å². The van der Waals surface area contributed by atoms with Gasteiger partial charge in [0.05, 0.1) is 29.9 Å². The first-order valence-corrected chi connectivity index (χ1v) is 14.3. The minimum absolute atomic E-state index is 0.258. The van der Waals surface area contributed by atoms with Gasteiger partial charge < -0.3 is 29.7 Å². The fraction of sp³-hybridized carbons (Fsp3) is 0.344. The summed E-state index contributed by atoms with van der Waals surface area (Å²) in [6, 6.07) is 14.9. The maximum absolute atomic E-state index is 12.4. The zero-order chi connectivity index (χ0) is 28.1. The molecule has 210 valence electrons. The first kappa shape index (κ1) is 25.6. The van der Waals surface area contributed by atoms with Crippen LogP contribution in [0.2, 0.25) is 0 Å². The number of aromatic nitrogens is 3. The summed E-state index contributed by atoms with van der Waals surface area (Å²) in [4.78, 5) is 26.6.